The molecule has 1 aliphatic carbocycles. The molecular formula is C23H35N3O4S. The van der Waals surface area contributed by atoms with E-state index in [0.29, 0.717) is 18.8 Å². The Kier molecular flexibility index (Phi) is 8.49. The molecular weight excluding hydrogens is 414 g/mol. The first kappa shape index (κ1) is 23.7. The van der Waals surface area contributed by atoms with Crippen LogP contribution >= 0.6 is 0 Å². The number of carbonyl (C=O) groups excluding carboxylic acids is 2. The van der Waals surface area contributed by atoms with E-state index in [1.165, 1.54) is 18.6 Å². The molecule has 1 saturated carbocycles. The highest BCUT2D eigenvalue weighted by atomic mass is 32.2. The average molecular weight is 450 g/mol. The van der Waals surface area contributed by atoms with E-state index in [-0.39, 0.29) is 35.1 Å². The fourth-order valence-electron chi connectivity index (χ4n) is 4.46. The van der Waals surface area contributed by atoms with Crippen LogP contribution in [-0.4, -0.2) is 44.3 Å². The second kappa shape index (κ2) is 11.1. The molecule has 1 aliphatic heterocycles. The maximum atomic E-state index is 12.7. The summed E-state index contributed by atoms with van der Waals surface area (Å²) in [5.41, 5.74) is 0.537. The number of sulfonamides is 1. The van der Waals surface area contributed by atoms with Gasteiger partial charge in [-0.3, -0.25) is 9.59 Å². The van der Waals surface area contributed by atoms with Gasteiger partial charge in [0.2, 0.25) is 21.8 Å². The van der Waals surface area contributed by atoms with E-state index in [1.807, 2.05) is 4.90 Å². The monoisotopic (exact) mass is 449 g/mol. The number of unbranched alkanes of at least 4 members (excludes halogenated alkanes) is 3. The molecule has 2 aliphatic rings. The Morgan fingerprint density at radius 2 is 1.77 bits per heavy atom. The lowest BCUT2D eigenvalue weighted by Gasteiger charge is -2.31. The van der Waals surface area contributed by atoms with Crippen LogP contribution in [0.15, 0.2) is 29.2 Å². The third-order valence-corrected chi connectivity index (χ3v) is 7.78. The molecule has 8 heteroatoms. The standard InChI is InChI=1S/C23H35N3O4S/c1-2-3-4-8-15-24-31(29,30)21-13-11-19(12-14-21)25-23(28)18-16-22(27)26(17-18)20-9-6-5-7-10-20/h11-14,18,20,24H,2-10,15-17H2,1H3,(H,25,28)/t18-/m1/s1. The van der Waals surface area contributed by atoms with Crippen molar-refractivity contribution in [3.63, 3.8) is 0 Å². The molecule has 0 spiro atoms. The molecule has 2 N–H and O–H groups in total. The van der Waals surface area contributed by atoms with Gasteiger partial charge in [-0.2, -0.15) is 0 Å². The Bertz CT molecular complexity index is 848. The van der Waals surface area contributed by atoms with Gasteiger partial charge in [0.25, 0.3) is 0 Å². The molecule has 1 saturated heterocycles. The average Bonchev–Trinajstić information content (AvgIpc) is 3.16. The number of hydrogen-bond acceptors (Lipinski definition) is 4. The molecule has 1 aromatic carbocycles. The molecule has 0 radical (unpaired) electrons. The van der Waals surface area contributed by atoms with Crippen LogP contribution in [0.3, 0.4) is 0 Å². The topological polar surface area (TPSA) is 95.6 Å². The summed E-state index contributed by atoms with van der Waals surface area (Å²) in [6, 6.07) is 6.47. The fourth-order valence-corrected chi connectivity index (χ4v) is 5.53. The second-order valence-corrected chi connectivity index (χ2v) is 10.5. The van der Waals surface area contributed by atoms with Gasteiger partial charge < -0.3 is 10.2 Å². The van der Waals surface area contributed by atoms with Crippen molar-refractivity contribution in [2.24, 2.45) is 5.92 Å². The van der Waals surface area contributed by atoms with E-state index in [9.17, 15) is 18.0 Å². The summed E-state index contributed by atoms with van der Waals surface area (Å²) in [5, 5.41) is 2.84. The van der Waals surface area contributed by atoms with Gasteiger partial charge >= 0.3 is 0 Å². The van der Waals surface area contributed by atoms with Crippen molar-refractivity contribution in [3.05, 3.63) is 24.3 Å². The van der Waals surface area contributed by atoms with Crippen LogP contribution in [0.1, 0.15) is 71.1 Å². The van der Waals surface area contributed by atoms with Crippen LogP contribution in [0.25, 0.3) is 0 Å². The quantitative estimate of drug-likeness (QED) is 0.533. The Balaban J connectivity index is 1.51. The van der Waals surface area contributed by atoms with Gasteiger partial charge in [-0.25, -0.2) is 13.1 Å². The van der Waals surface area contributed by atoms with E-state index in [0.717, 1.165) is 51.4 Å². The van der Waals surface area contributed by atoms with Gasteiger partial charge in [0, 0.05) is 31.2 Å². The Labute approximate surface area is 186 Å². The Hall–Kier alpha value is -1.93. The SMILES string of the molecule is CCCCCCNS(=O)(=O)c1ccc(NC(=O)[C@@H]2CC(=O)N(C3CCCCC3)C2)cc1. The molecule has 31 heavy (non-hydrogen) atoms. The Morgan fingerprint density at radius 1 is 1.06 bits per heavy atom. The zero-order chi connectivity index (χ0) is 22.3. The first-order valence-electron chi connectivity index (χ1n) is 11.6. The zero-order valence-electron chi connectivity index (χ0n) is 18.4. The molecule has 3 rings (SSSR count). The number of hydrogen-bond donors (Lipinski definition) is 2. The highest BCUT2D eigenvalue weighted by molar-refractivity contribution is 7.89. The second-order valence-electron chi connectivity index (χ2n) is 8.71. The predicted molar refractivity (Wildman–Crippen MR) is 121 cm³/mol. The lowest BCUT2D eigenvalue weighted by Crippen LogP contribution is -2.38. The molecule has 2 amide bonds. The van der Waals surface area contributed by atoms with E-state index < -0.39 is 10.0 Å². The summed E-state index contributed by atoms with van der Waals surface area (Å²) >= 11 is 0. The summed E-state index contributed by atoms with van der Waals surface area (Å²) in [6.07, 6.45) is 9.85. The van der Waals surface area contributed by atoms with Crippen molar-refractivity contribution in [3.8, 4) is 0 Å². The molecule has 0 unspecified atom stereocenters. The van der Waals surface area contributed by atoms with Crippen molar-refractivity contribution < 1.29 is 18.0 Å². The number of likely N-dealkylation sites (tertiary alicyclic amines) is 1. The minimum atomic E-state index is -3.55. The van der Waals surface area contributed by atoms with Crippen LogP contribution in [0, 0.1) is 5.92 Å². The summed E-state index contributed by atoms with van der Waals surface area (Å²) in [4.78, 5) is 27.2. The van der Waals surface area contributed by atoms with Crippen LogP contribution < -0.4 is 10.0 Å². The first-order chi connectivity index (χ1) is 14.9. The lowest BCUT2D eigenvalue weighted by atomic mass is 9.94. The highest BCUT2D eigenvalue weighted by Crippen LogP contribution is 2.29. The van der Waals surface area contributed by atoms with Crippen molar-refractivity contribution >= 4 is 27.5 Å². The molecule has 1 aromatic rings. The number of nitrogens with zero attached hydrogens (tertiary/aromatic N) is 1. The number of anilines is 1. The molecule has 1 atom stereocenters. The van der Waals surface area contributed by atoms with Crippen molar-refractivity contribution in [1.82, 2.24) is 9.62 Å². The zero-order valence-corrected chi connectivity index (χ0v) is 19.3. The Morgan fingerprint density at radius 3 is 2.45 bits per heavy atom. The van der Waals surface area contributed by atoms with Crippen molar-refractivity contribution in [1.29, 1.82) is 0 Å². The molecule has 1 heterocycles. The number of amides is 2. The number of carbonyl (C=O) groups is 2. The van der Waals surface area contributed by atoms with Gasteiger partial charge in [0.1, 0.15) is 0 Å². The highest BCUT2D eigenvalue weighted by Gasteiger charge is 2.38. The fraction of sp³-hybridized carbons (Fsp3) is 0.652. The van der Waals surface area contributed by atoms with Crippen LogP contribution in [0.4, 0.5) is 5.69 Å². The lowest BCUT2D eigenvalue weighted by molar-refractivity contribution is -0.130. The summed E-state index contributed by atoms with van der Waals surface area (Å²) in [6.45, 7) is 3.01. The first-order valence-corrected chi connectivity index (χ1v) is 13.1. The van der Waals surface area contributed by atoms with E-state index in [1.54, 1.807) is 12.1 Å². The largest absolute Gasteiger partial charge is 0.339 e. The van der Waals surface area contributed by atoms with E-state index in [2.05, 4.69) is 17.0 Å². The van der Waals surface area contributed by atoms with E-state index >= 15 is 0 Å². The number of benzene rings is 1. The minimum Gasteiger partial charge on any atom is -0.339 e. The normalized spacial score (nSPS) is 20.2. The molecule has 2 fully saturated rings. The predicted octanol–water partition coefficient (Wildman–Crippen LogP) is 3.66. The number of nitrogens with one attached hydrogen (secondary N) is 2. The van der Waals surface area contributed by atoms with Crippen LogP contribution in [-0.2, 0) is 19.6 Å². The maximum absolute atomic E-state index is 12.7. The van der Waals surface area contributed by atoms with Gasteiger partial charge in [0.05, 0.1) is 10.8 Å². The smallest absolute Gasteiger partial charge is 0.240 e. The summed E-state index contributed by atoms with van der Waals surface area (Å²) in [7, 11) is -3.55. The molecule has 7 nitrogen and oxygen atoms in total. The van der Waals surface area contributed by atoms with Gasteiger partial charge in [-0.15, -0.1) is 0 Å². The van der Waals surface area contributed by atoms with Crippen LogP contribution in [0.5, 0.6) is 0 Å². The number of rotatable bonds is 10. The van der Waals surface area contributed by atoms with Gasteiger partial charge in [0.15, 0.2) is 0 Å². The third kappa shape index (κ3) is 6.53. The maximum Gasteiger partial charge on any atom is 0.240 e. The minimum absolute atomic E-state index is 0.0681. The van der Waals surface area contributed by atoms with Crippen LogP contribution in [0.2, 0.25) is 0 Å². The summed E-state index contributed by atoms with van der Waals surface area (Å²) < 4.78 is 27.4. The van der Waals surface area contributed by atoms with Gasteiger partial charge in [-0.1, -0.05) is 45.4 Å². The molecule has 0 bridgehead atoms. The molecule has 0 aromatic heterocycles. The third-order valence-electron chi connectivity index (χ3n) is 6.30. The van der Waals surface area contributed by atoms with E-state index in [4.69, 9.17) is 0 Å². The summed E-state index contributed by atoms with van der Waals surface area (Å²) in [5.74, 6) is -0.475. The molecule has 172 valence electrons. The van der Waals surface area contributed by atoms with Gasteiger partial charge in [-0.05, 0) is 43.5 Å². The van der Waals surface area contributed by atoms with Crippen molar-refractivity contribution in [2.45, 2.75) is 82.1 Å². The van der Waals surface area contributed by atoms with Crippen molar-refractivity contribution in [2.75, 3.05) is 18.4 Å².